The minimum atomic E-state index is -0.709. The Morgan fingerprint density at radius 3 is 2.58 bits per heavy atom. The van der Waals surface area contributed by atoms with Crippen molar-refractivity contribution in [3.63, 3.8) is 0 Å². The van der Waals surface area contributed by atoms with Crippen LogP contribution in [0.5, 0.6) is 0 Å². The van der Waals surface area contributed by atoms with Crippen LogP contribution in [-0.2, 0) is 11.2 Å². The van der Waals surface area contributed by atoms with Crippen molar-refractivity contribution in [3.05, 3.63) is 22.4 Å². The highest BCUT2D eigenvalue weighted by Gasteiger charge is 2.38. The van der Waals surface area contributed by atoms with Gasteiger partial charge in [-0.2, -0.15) is 0 Å². The molecule has 106 valence electrons. The lowest BCUT2D eigenvalue weighted by Gasteiger charge is -2.30. The molecule has 0 bridgehead atoms. The Bertz CT molecular complexity index is 425. The van der Waals surface area contributed by atoms with Crippen molar-refractivity contribution in [3.8, 4) is 0 Å². The second kappa shape index (κ2) is 7.01. The van der Waals surface area contributed by atoms with E-state index in [1.165, 1.54) is 4.88 Å². The summed E-state index contributed by atoms with van der Waals surface area (Å²) in [5, 5.41) is 5.09. The lowest BCUT2D eigenvalue weighted by Crippen LogP contribution is -2.50. The van der Waals surface area contributed by atoms with Crippen molar-refractivity contribution in [1.82, 2.24) is 5.32 Å². The molecule has 0 saturated carbocycles. The van der Waals surface area contributed by atoms with Crippen LogP contribution in [0.3, 0.4) is 0 Å². The number of rotatable bonds is 7. The number of hydrogen-bond donors (Lipinski definition) is 2. The molecule has 3 N–H and O–H groups in total. The molecule has 3 nitrogen and oxygen atoms in total. The Morgan fingerprint density at radius 1 is 1.53 bits per heavy atom. The Hall–Kier alpha value is -0.940. The normalized spacial score (nSPS) is 13.0. The number of amides is 1. The zero-order chi connectivity index (χ0) is 14.5. The van der Waals surface area contributed by atoms with Crippen molar-refractivity contribution >= 4 is 34.5 Å². The highest BCUT2D eigenvalue weighted by Crippen LogP contribution is 2.27. The monoisotopic (exact) mass is 298 g/mol. The topological polar surface area (TPSA) is 55.1 Å². The third-order valence-corrected chi connectivity index (χ3v) is 4.87. The molecule has 5 heteroatoms. The van der Waals surface area contributed by atoms with E-state index in [1.54, 1.807) is 11.3 Å². The average molecular weight is 298 g/mol. The van der Waals surface area contributed by atoms with Crippen LogP contribution in [-0.4, -0.2) is 16.9 Å². The molecule has 1 rings (SSSR count). The van der Waals surface area contributed by atoms with Crippen molar-refractivity contribution in [1.29, 1.82) is 0 Å². The molecule has 1 atom stereocenters. The molecule has 19 heavy (non-hydrogen) atoms. The summed E-state index contributed by atoms with van der Waals surface area (Å²) in [5.74, 6) is -0.0472. The Morgan fingerprint density at radius 2 is 2.16 bits per heavy atom. The van der Waals surface area contributed by atoms with Gasteiger partial charge in [0.05, 0.1) is 10.4 Å². The zero-order valence-corrected chi connectivity index (χ0v) is 13.4. The molecule has 1 aromatic heterocycles. The predicted molar refractivity (Wildman–Crippen MR) is 85.4 cm³/mol. The summed E-state index contributed by atoms with van der Waals surface area (Å²) in [5.41, 5.74) is 5.07. The average Bonchev–Trinajstić information content (AvgIpc) is 2.83. The molecular weight excluding hydrogens is 276 g/mol. The van der Waals surface area contributed by atoms with Crippen LogP contribution in [0.1, 0.15) is 38.5 Å². The Labute approximate surface area is 124 Å². The smallest absolute Gasteiger partial charge is 0.233 e. The first-order chi connectivity index (χ1) is 8.96. The summed E-state index contributed by atoms with van der Waals surface area (Å²) in [6.45, 7) is 5.91. The number of thiocarbonyl (C=S) groups is 1. The zero-order valence-electron chi connectivity index (χ0n) is 11.7. The molecule has 0 aliphatic rings. The molecular formula is C14H22N2OS2. The van der Waals surface area contributed by atoms with Gasteiger partial charge in [0.15, 0.2) is 0 Å². The van der Waals surface area contributed by atoms with E-state index in [-0.39, 0.29) is 11.9 Å². The van der Waals surface area contributed by atoms with E-state index < -0.39 is 5.41 Å². The number of carbonyl (C=O) groups excluding carboxylic acids is 1. The quantitative estimate of drug-likeness (QED) is 0.761. The van der Waals surface area contributed by atoms with E-state index in [4.69, 9.17) is 18.0 Å². The molecule has 1 unspecified atom stereocenters. The molecule has 0 aliphatic heterocycles. The fourth-order valence-corrected chi connectivity index (χ4v) is 3.39. The molecule has 1 heterocycles. The highest BCUT2D eigenvalue weighted by molar-refractivity contribution is 7.80. The van der Waals surface area contributed by atoms with E-state index >= 15 is 0 Å². The van der Waals surface area contributed by atoms with Crippen LogP contribution >= 0.6 is 23.6 Å². The first-order valence-corrected chi connectivity index (χ1v) is 7.88. The summed E-state index contributed by atoms with van der Waals surface area (Å²) in [6, 6.07) is 4.18. The number of thiophene rings is 1. The van der Waals surface area contributed by atoms with Gasteiger partial charge in [-0.3, -0.25) is 4.79 Å². The first kappa shape index (κ1) is 16.1. The van der Waals surface area contributed by atoms with Crippen LogP contribution in [0.15, 0.2) is 17.5 Å². The Kier molecular flexibility index (Phi) is 5.94. The largest absolute Gasteiger partial charge is 0.392 e. The molecule has 0 saturated heterocycles. The van der Waals surface area contributed by atoms with E-state index in [2.05, 4.69) is 11.4 Å². The third kappa shape index (κ3) is 3.76. The van der Waals surface area contributed by atoms with Gasteiger partial charge in [0.25, 0.3) is 0 Å². The van der Waals surface area contributed by atoms with Crippen LogP contribution in [0.25, 0.3) is 0 Å². The molecule has 0 aromatic carbocycles. The third-order valence-electron chi connectivity index (χ3n) is 3.58. The standard InChI is InChI=1S/C14H22N2OS2/c1-4-14(5-2,12(15)18)13(17)16-10(3)9-11-7-6-8-19-11/h6-8,10H,4-5,9H2,1-3H3,(H2,15,18)(H,16,17). The molecule has 0 aliphatic carbocycles. The summed E-state index contributed by atoms with van der Waals surface area (Å²) in [4.78, 5) is 14.0. The van der Waals surface area contributed by atoms with Crippen LogP contribution in [0.4, 0.5) is 0 Å². The van der Waals surface area contributed by atoms with Gasteiger partial charge in [-0.1, -0.05) is 32.1 Å². The van der Waals surface area contributed by atoms with Crippen LogP contribution < -0.4 is 11.1 Å². The maximum Gasteiger partial charge on any atom is 0.233 e. The lowest BCUT2D eigenvalue weighted by atomic mass is 9.81. The van der Waals surface area contributed by atoms with Gasteiger partial charge < -0.3 is 11.1 Å². The minimum Gasteiger partial charge on any atom is -0.392 e. The second-order valence-corrected chi connectivity index (χ2v) is 6.28. The van der Waals surface area contributed by atoms with Gasteiger partial charge in [0, 0.05) is 17.3 Å². The fraction of sp³-hybridized carbons (Fsp3) is 0.571. The fourth-order valence-electron chi connectivity index (χ4n) is 2.17. The van der Waals surface area contributed by atoms with E-state index in [0.29, 0.717) is 17.8 Å². The summed E-state index contributed by atoms with van der Waals surface area (Å²) >= 11 is 6.79. The summed E-state index contributed by atoms with van der Waals surface area (Å²) in [6.07, 6.45) is 2.11. The number of nitrogens with two attached hydrogens (primary N) is 1. The van der Waals surface area contributed by atoms with Gasteiger partial charge in [0.2, 0.25) is 5.91 Å². The molecule has 0 radical (unpaired) electrons. The maximum absolute atomic E-state index is 12.4. The minimum absolute atomic E-state index is 0.0472. The first-order valence-electron chi connectivity index (χ1n) is 6.59. The van der Waals surface area contributed by atoms with Crippen molar-refractivity contribution in [2.75, 3.05) is 0 Å². The highest BCUT2D eigenvalue weighted by atomic mass is 32.1. The van der Waals surface area contributed by atoms with Gasteiger partial charge >= 0.3 is 0 Å². The van der Waals surface area contributed by atoms with E-state index in [9.17, 15) is 4.79 Å². The molecule has 1 amide bonds. The van der Waals surface area contributed by atoms with E-state index in [0.717, 1.165) is 6.42 Å². The Balaban J connectivity index is 2.69. The maximum atomic E-state index is 12.4. The van der Waals surface area contributed by atoms with Crippen LogP contribution in [0.2, 0.25) is 0 Å². The lowest BCUT2D eigenvalue weighted by molar-refractivity contribution is -0.128. The SMILES string of the molecule is CCC(CC)(C(=O)NC(C)Cc1cccs1)C(N)=S. The number of hydrogen-bond acceptors (Lipinski definition) is 3. The molecule has 1 aromatic rings. The van der Waals surface area contributed by atoms with Crippen LogP contribution in [0, 0.1) is 5.41 Å². The van der Waals surface area contributed by atoms with Gasteiger partial charge in [-0.05, 0) is 31.2 Å². The van der Waals surface area contributed by atoms with Gasteiger partial charge in [0.1, 0.15) is 0 Å². The van der Waals surface area contributed by atoms with Crippen molar-refractivity contribution in [2.45, 2.75) is 46.1 Å². The summed E-state index contributed by atoms with van der Waals surface area (Å²) in [7, 11) is 0. The molecule has 0 spiro atoms. The second-order valence-electron chi connectivity index (χ2n) is 4.81. The number of carbonyl (C=O) groups is 1. The van der Waals surface area contributed by atoms with Crippen molar-refractivity contribution < 1.29 is 4.79 Å². The van der Waals surface area contributed by atoms with Crippen molar-refractivity contribution in [2.24, 2.45) is 11.1 Å². The van der Waals surface area contributed by atoms with Gasteiger partial charge in [-0.15, -0.1) is 11.3 Å². The van der Waals surface area contributed by atoms with E-state index in [1.807, 2.05) is 32.2 Å². The number of nitrogens with one attached hydrogen (secondary N) is 1. The summed E-state index contributed by atoms with van der Waals surface area (Å²) < 4.78 is 0. The molecule has 0 fully saturated rings. The van der Waals surface area contributed by atoms with Gasteiger partial charge in [-0.25, -0.2) is 0 Å². The predicted octanol–water partition coefficient (Wildman–Crippen LogP) is 2.89.